The average molecular weight is 324 g/mol. The Bertz CT molecular complexity index is 699. The molecule has 0 saturated carbocycles. The van der Waals surface area contributed by atoms with Crippen LogP contribution in [0.4, 0.5) is 5.69 Å². The van der Waals surface area contributed by atoms with Crippen molar-refractivity contribution in [3.8, 4) is 0 Å². The summed E-state index contributed by atoms with van der Waals surface area (Å²) >= 11 is 1.56. The number of sulfonamides is 1. The number of hydrogen-bond donors (Lipinski definition) is 2. The molecule has 0 aliphatic heterocycles. The quantitative estimate of drug-likeness (QED) is 0.885. The third-order valence-corrected chi connectivity index (χ3v) is 5.94. The molecule has 2 aromatic rings. The van der Waals surface area contributed by atoms with Gasteiger partial charge in [0.2, 0.25) is 10.0 Å². The fraction of sp³-hybridized carbons (Fsp3) is 0.333. The monoisotopic (exact) mass is 324 g/mol. The molecule has 0 bridgehead atoms. The maximum Gasteiger partial charge on any atom is 0.241 e. The van der Waals surface area contributed by atoms with Crippen LogP contribution in [0.2, 0.25) is 0 Å². The highest BCUT2D eigenvalue weighted by Crippen LogP contribution is 2.26. The summed E-state index contributed by atoms with van der Waals surface area (Å²) in [6.07, 6.45) is 0. The van der Waals surface area contributed by atoms with Gasteiger partial charge < -0.3 is 5.32 Å². The van der Waals surface area contributed by atoms with Gasteiger partial charge in [-0.2, -0.15) is 11.3 Å². The van der Waals surface area contributed by atoms with Crippen molar-refractivity contribution in [3.05, 3.63) is 45.6 Å². The Morgan fingerprint density at radius 3 is 2.29 bits per heavy atom. The Morgan fingerprint density at radius 2 is 1.81 bits per heavy atom. The SMILES string of the molecule is CNc1cc(C)c(S(=O)(=O)NC(C)c2ccsc2)c(C)c1. The van der Waals surface area contributed by atoms with Crippen LogP contribution in [0.25, 0.3) is 0 Å². The van der Waals surface area contributed by atoms with E-state index < -0.39 is 10.0 Å². The van der Waals surface area contributed by atoms with Crippen molar-refractivity contribution < 1.29 is 8.42 Å². The lowest BCUT2D eigenvalue weighted by Gasteiger charge is -2.17. The molecule has 1 aromatic carbocycles. The van der Waals surface area contributed by atoms with E-state index >= 15 is 0 Å². The maximum absolute atomic E-state index is 12.7. The zero-order chi connectivity index (χ0) is 15.6. The largest absolute Gasteiger partial charge is 0.388 e. The molecule has 0 spiro atoms. The topological polar surface area (TPSA) is 58.2 Å². The lowest BCUT2D eigenvalue weighted by Crippen LogP contribution is -2.28. The van der Waals surface area contributed by atoms with E-state index in [1.807, 2.05) is 56.8 Å². The zero-order valence-corrected chi connectivity index (χ0v) is 14.2. The Kier molecular flexibility index (Phi) is 4.70. The smallest absolute Gasteiger partial charge is 0.241 e. The third kappa shape index (κ3) is 3.45. The highest BCUT2D eigenvalue weighted by Gasteiger charge is 2.23. The number of benzene rings is 1. The Hall–Kier alpha value is -1.37. The molecule has 0 aliphatic carbocycles. The van der Waals surface area contributed by atoms with Crippen LogP contribution in [-0.4, -0.2) is 15.5 Å². The minimum absolute atomic E-state index is 0.246. The van der Waals surface area contributed by atoms with E-state index in [1.165, 1.54) is 0 Å². The van der Waals surface area contributed by atoms with Gasteiger partial charge in [0.1, 0.15) is 0 Å². The molecule has 114 valence electrons. The lowest BCUT2D eigenvalue weighted by atomic mass is 10.1. The minimum atomic E-state index is -3.55. The highest BCUT2D eigenvalue weighted by atomic mass is 32.2. The van der Waals surface area contributed by atoms with Crippen LogP contribution in [0.3, 0.4) is 0 Å². The van der Waals surface area contributed by atoms with Gasteiger partial charge in [-0.1, -0.05) is 0 Å². The van der Waals surface area contributed by atoms with Crippen LogP contribution in [0.5, 0.6) is 0 Å². The first kappa shape index (κ1) is 16.0. The van der Waals surface area contributed by atoms with E-state index in [2.05, 4.69) is 10.0 Å². The van der Waals surface area contributed by atoms with Crippen LogP contribution in [0, 0.1) is 13.8 Å². The van der Waals surface area contributed by atoms with Gasteiger partial charge in [0, 0.05) is 18.8 Å². The number of hydrogen-bond acceptors (Lipinski definition) is 4. The van der Waals surface area contributed by atoms with Crippen molar-refractivity contribution in [2.75, 3.05) is 12.4 Å². The second-order valence-corrected chi connectivity index (χ2v) is 7.52. The van der Waals surface area contributed by atoms with Crippen LogP contribution in [0.15, 0.2) is 33.9 Å². The van der Waals surface area contributed by atoms with Gasteiger partial charge in [-0.15, -0.1) is 0 Å². The molecule has 0 saturated heterocycles. The second-order valence-electron chi connectivity index (χ2n) is 5.09. The standard InChI is InChI=1S/C15H20N2O2S2/c1-10-7-14(16-4)8-11(2)15(10)21(18,19)17-12(3)13-5-6-20-9-13/h5-9,12,16-17H,1-4H3. The van der Waals surface area contributed by atoms with Gasteiger partial charge in [-0.3, -0.25) is 0 Å². The summed E-state index contributed by atoms with van der Waals surface area (Å²) in [7, 11) is -1.73. The maximum atomic E-state index is 12.7. The first-order valence-corrected chi connectivity index (χ1v) is 9.11. The molecular formula is C15H20N2O2S2. The molecule has 0 amide bonds. The number of aryl methyl sites for hydroxylation is 2. The lowest BCUT2D eigenvalue weighted by molar-refractivity contribution is 0.566. The van der Waals surface area contributed by atoms with Gasteiger partial charge in [-0.25, -0.2) is 13.1 Å². The fourth-order valence-corrected chi connectivity index (χ4v) is 4.84. The summed E-state index contributed by atoms with van der Waals surface area (Å²) in [6, 6.07) is 5.37. The van der Waals surface area contributed by atoms with E-state index in [1.54, 1.807) is 11.3 Å². The van der Waals surface area contributed by atoms with Crippen molar-refractivity contribution >= 4 is 27.0 Å². The van der Waals surface area contributed by atoms with Gasteiger partial charge in [0.05, 0.1) is 4.90 Å². The third-order valence-electron chi connectivity index (χ3n) is 3.39. The molecule has 2 rings (SSSR count). The van der Waals surface area contributed by atoms with E-state index in [0.717, 1.165) is 22.4 Å². The summed E-state index contributed by atoms with van der Waals surface area (Å²) in [5.41, 5.74) is 3.37. The molecule has 0 radical (unpaired) electrons. The molecule has 1 aromatic heterocycles. The molecule has 6 heteroatoms. The second kappa shape index (κ2) is 6.17. The van der Waals surface area contributed by atoms with E-state index in [0.29, 0.717) is 4.90 Å². The normalized spacial score (nSPS) is 13.1. The van der Waals surface area contributed by atoms with Gasteiger partial charge in [-0.05, 0) is 66.4 Å². The Labute approximate surface area is 130 Å². The van der Waals surface area contributed by atoms with Gasteiger partial charge in [0.25, 0.3) is 0 Å². The van der Waals surface area contributed by atoms with Crippen molar-refractivity contribution in [1.82, 2.24) is 4.72 Å². The predicted octanol–water partition coefficient (Wildman–Crippen LogP) is 3.45. The van der Waals surface area contributed by atoms with Crippen LogP contribution >= 0.6 is 11.3 Å². The molecule has 2 N–H and O–H groups in total. The summed E-state index contributed by atoms with van der Waals surface area (Å²) in [6.45, 7) is 5.49. The van der Waals surface area contributed by atoms with Crippen molar-refractivity contribution in [1.29, 1.82) is 0 Å². The first-order valence-electron chi connectivity index (χ1n) is 6.68. The molecule has 4 nitrogen and oxygen atoms in total. The predicted molar refractivity (Wildman–Crippen MR) is 88.5 cm³/mol. The van der Waals surface area contributed by atoms with Crippen LogP contribution in [-0.2, 0) is 10.0 Å². The van der Waals surface area contributed by atoms with Gasteiger partial charge in [0.15, 0.2) is 0 Å². The molecule has 1 atom stereocenters. The average Bonchev–Trinajstić information content (AvgIpc) is 2.90. The van der Waals surface area contributed by atoms with E-state index in [9.17, 15) is 8.42 Å². The molecule has 0 fully saturated rings. The van der Waals surface area contributed by atoms with E-state index in [-0.39, 0.29) is 6.04 Å². The van der Waals surface area contributed by atoms with Gasteiger partial charge >= 0.3 is 0 Å². The Morgan fingerprint density at radius 1 is 1.19 bits per heavy atom. The molecule has 0 aliphatic rings. The van der Waals surface area contributed by atoms with Crippen LogP contribution < -0.4 is 10.0 Å². The number of anilines is 1. The number of nitrogens with one attached hydrogen (secondary N) is 2. The highest BCUT2D eigenvalue weighted by molar-refractivity contribution is 7.89. The summed E-state index contributed by atoms with van der Waals surface area (Å²) in [4.78, 5) is 0.364. The van der Waals surface area contributed by atoms with Crippen molar-refractivity contribution in [2.24, 2.45) is 0 Å². The fourth-order valence-electron chi connectivity index (χ4n) is 2.40. The van der Waals surface area contributed by atoms with E-state index in [4.69, 9.17) is 0 Å². The summed E-state index contributed by atoms with van der Waals surface area (Å²) in [5, 5.41) is 6.93. The van der Waals surface area contributed by atoms with Crippen molar-refractivity contribution in [3.63, 3.8) is 0 Å². The van der Waals surface area contributed by atoms with Crippen LogP contribution in [0.1, 0.15) is 29.7 Å². The number of rotatable bonds is 5. The number of thiophene rings is 1. The molecule has 1 heterocycles. The van der Waals surface area contributed by atoms with Crippen molar-refractivity contribution in [2.45, 2.75) is 31.7 Å². The summed E-state index contributed by atoms with van der Waals surface area (Å²) in [5.74, 6) is 0. The minimum Gasteiger partial charge on any atom is -0.388 e. The molecule has 21 heavy (non-hydrogen) atoms. The molecular weight excluding hydrogens is 304 g/mol. The first-order chi connectivity index (χ1) is 9.85. The zero-order valence-electron chi connectivity index (χ0n) is 12.6. The molecule has 1 unspecified atom stereocenters. The Balaban J connectivity index is 2.36. The summed E-state index contributed by atoms with van der Waals surface area (Å²) < 4.78 is 28.1.